The second-order valence-electron chi connectivity index (χ2n) is 14.7. The van der Waals surface area contributed by atoms with Crippen LogP contribution in [0.2, 0.25) is 0 Å². The zero-order valence-corrected chi connectivity index (χ0v) is 33.7. The van der Waals surface area contributed by atoms with Crippen LogP contribution in [0.5, 0.6) is 11.5 Å². The molecule has 0 bridgehead atoms. The Morgan fingerprint density at radius 3 is 1.96 bits per heavy atom. The Morgan fingerprint density at radius 1 is 0.439 bits per heavy atom. The Labute approximate surface area is 343 Å². The molecule has 12 rings (SSSR count). The van der Waals surface area contributed by atoms with E-state index in [4.69, 9.17) is 4.74 Å². The second-order valence-corrected chi connectivity index (χ2v) is 21.1. The molecule has 2 nitrogen and oxygen atoms in total. The third-order valence-corrected chi connectivity index (χ3v) is 18.5. The van der Waals surface area contributed by atoms with Crippen LogP contribution in [0.1, 0.15) is 0 Å². The van der Waals surface area contributed by atoms with E-state index in [2.05, 4.69) is 205 Å². The number of ether oxygens (including phenoxy) is 1. The molecule has 1 aromatic heterocycles. The first kappa shape index (κ1) is 33.0. The third-order valence-electron chi connectivity index (χ3n) is 11.5. The zero-order chi connectivity index (χ0) is 37.5. The molecule has 57 heavy (non-hydrogen) atoms. The summed E-state index contributed by atoms with van der Waals surface area (Å²) in [6.07, 6.45) is 0. The molecule has 3 heterocycles. The van der Waals surface area contributed by atoms with Crippen molar-refractivity contribution in [1.29, 1.82) is 0 Å². The Hall–Kier alpha value is -6.15. The number of anilines is 3. The van der Waals surface area contributed by atoms with E-state index in [1.165, 1.54) is 80.5 Å². The van der Waals surface area contributed by atoms with Gasteiger partial charge in [-0.05, 0) is 0 Å². The van der Waals surface area contributed by atoms with Crippen LogP contribution >= 0.6 is 31.2 Å². The Morgan fingerprint density at radius 2 is 1.11 bits per heavy atom. The van der Waals surface area contributed by atoms with Crippen LogP contribution in [-0.2, 0) is 0 Å². The Balaban J connectivity index is 1.05. The van der Waals surface area contributed by atoms with E-state index in [9.17, 15) is 0 Å². The summed E-state index contributed by atoms with van der Waals surface area (Å²) in [6.45, 7) is 0.0241. The summed E-state index contributed by atoms with van der Waals surface area (Å²) < 4.78 is 14.0. The SMILES string of the molecule is c1ccc(-c2ccc(I(c3ccc4c(c3)Oc3cccc5c3B4c3c(ccc4ccccc34)N5c3ccccc3)c3ccc4sc5ccccc5c4c3)cc2)cc1. The molecule has 0 saturated heterocycles. The Bertz CT molecular complexity index is 3180. The van der Waals surface area contributed by atoms with E-state index in [-0.39, 0.29) is 6.71 Å². The predicted molar refractivity (Wildman–Crippen MR) is 251 cm³/mol. The quantitative estimate of drug-likeness (QED) is 0.126. The van der Waals surface area contributed by atoms with Crippen molar-refractivity contribution in [3.8, 4) is 22.6 Å². The van der Waals surface area contributed by atoms with Crippen LogP contribution in [-0.4, -0.2) is 6.71 Å². The van der Waals surface area contributed by atoms with Gasteiger partial charge in [-0.3, -0.25) is 0 Å². The zero-order valence-electron chi connectivity index (χ0n) is 30.8. The number of hydrogen-bond donors (Lipinski definition) is 0. The van der Waals surface area contributed by atoms with E-state index in [1.54, 1.807) is 0 Å². The van der Waals surface area contributed by atoms with E-state index in [0.717, 1.165) is 17.2 Å². The molecule has 0 saturated carbocycles. The van der Waals surface area contributed by atoms with E-state index < -0.39 is 19.8 Å². The standard InChI is InChI=1S/C52H33BINOS/c1-3-12-34(13-4-1)35-22-25-37(26-23-35)54(38-28-31-50-43(32-38)42-18-9-10-21-49(42)57-50)39-27-29-44-48(33-39)56-47-20-11-19-45-52(47)53(44)51-41-17-8-7-14-36(41)24-30-46(51)55(45)40-15-5-2-6-16-40/h1-33H. The number of fused-ring (bicyclic) bond motifs is 9. The normalized spacial score (nSPS) is 12.9. The van der Waals surface area contributed by atoms with Gasteiger partial charge in [0.2, 0.25) is 0 Å². The van der Waals surface area contributed by atoms with Gasteiger partial charge in [-0.1, -0.05) is 0 Å². The molecule has 0 aliphatic carbocycles. The molecule has 0 unspecified atom stereocenters. The summed E-state index contributed by atoms with van der Waals surface area (Å²) >= 11 is -0.361. The van der Waals surface area contributed by atoms with Gasteiger partial charge in [0.05, 0.1) is 0 Å². The van der Waals surface area contributed by atoms with Gasteiger partial charge in [0, 0.05) is 0 Å². The molecule has 0 spiro atoms. The van der Waals surface area contributed by atoms with Gasteiger partial charge < -0.3 is 0 Å². The second kappa shape index (κ2) is 13.2. The molecule has 0 fully saturated rings. The van der Waals surface area contributed by atoms with Gasteiger partial charge in [-0.25, -0.2) is 0 Å². The number of para-hydroxylation sites is 1. The van der Waals surface area contributed by atoms with Crippen molar-refractivity contribution in [2.45, 2.75) is 0 Å². The van der Waals surface area contributed by atoms with E-state index >= 15 is 0 Å². The van der Waals surface area contributed by atoms with Crippen LogP contribution in [0.15, 0.2) is 200 Å². The molecule has 10 aromatic rings. The molecule has 5 heteroatoms. The fourth-order valence-corrected chi connectivity index (χ4v) is 15.6. The van der Waals surface area contributed by atoms with Gasteiger partial charge in [-0.15, -0.1) is 0 Å². The van der Waals surface area contributed by atoms with Crippen molar-refractivity contribution in [2.24, 2.45) is 0 Å². The fourth-order valence-electron chi connectivity index (χ4n) is 8.99. The van der Waals surface area contributed by atoms with E-state index in [1.807, 2.05) is 11.3 Å². The predicted octanol–water partition coefficient (Wildman–Crippen LogP) is 12.7. The van der Waals surface area contributed by atoms with E-state index in [0.29, 0.717) is 0 Å². The summed E-state index contributed by atoms with van der Waals surface area (Å²) in [4.78, 5) is 2.42. The summed E-state index contributed by atoms with van der Waals surface area (Å²) in [7, 11) is 0. The molecule has 0 N–H and O–H groups in total. The number of nitrogens with zero attached hydrogens (tertiary/aromatic N) is 1. The average Bonchev–Trinajstić information content (AvgIpc) is 3.65. The van der Waals surface area contributed by atoms with Crippen molar-refractivity contribution in [3.05, 3.63) is 211 Å². The first-order chi connectivity index (χ1) is 28.3. The average molecular weight is 858 g/mol. The minimum atomic E-state index is -2.24. The van der Waals surface area contributed by atoms with Crippen LogP contribution in [0.3, 0.4) is 0 Å². The molecular formula is C52H33BINOS. The van der Waals surface area contributed by atoms with Crippen molar-refractivity contribution in [2.75, 3.05) is 4.90 Å². The molecule has 0 atom stereocenters. The van der Waals surface area contributed by atoms with Gasteiger partial charge >= 0.3 is 345 Å². The van der Waals surface area contributed by atoms with Crippen molar-refractivity contribution < 1.29 is 4.74 Å². The van der Waals surface area contributed by atoms with Gasteiger partial charge in [-0.2, -0.15) is 0 Å². The Kier molecular flexibility index (Phi) is 7.67. The number of benzene rings is 9. The molecule has 9 aromatic carbocycles. The van der Waals surface area contributed by atoms with Crippen LogP contribution in [0.4, 0.5) is 17.1 Å². The number of halogens is 1. The minimum absolute atomic E-state index is 0.0241. The number of rotatable bonds is 5. The maximum absolute atomic E-state index is 7.09. The first-order valence-corrected chi connectivity index (χ1v) is 23.4. The molecule has 2 aliphatic rings. The summed E-state index contributed by atoms with van der Waals surface area (Å²) in [5.74, 6) is 1.89. The topological polar surface area (TPSA) is 12.5 Å². The third kappa shape index (κ3) is 5.29. The van der Waals surface area contributed by atoms with Crippen molar-refractivity contribution >= 4 is 102 Å². The van der Waals surface area contributed by atoms with Crippen LogP contribution < -0.4 is 26.0 Å². The summed E-state index contributed by atoms with van der Waals surface area (Å²) in [5.41, 5.74) is 9.79. The summed E-state index contributed by atoms with van der Waals surface area (Å²) in [5, 5.41) is 5.21. The van der Waals surface area contributed by atoms with Gasteiger partial charge in [0.1, 0.15) is 0 Å². The summed E-state index contributed by atoms with van der Waals surface area (Å²) in [6, 6.07) is 74.1. The van der Waals surface area contributed by atoms with Crippen molar-refractivity contribution in [1.82, 2.24) is 0 Å². The molecule has 268 valence electrons. The molecule has 0 amide bonds. The van der Waals surface area contributed by atoms with Gasteiger partial charge in [0.15, 0.2) is 0 Å². The van der Waals surface area contributed by atoms with Gasteiger partial charge in [0.25, 0.3) is 0 Å². The van der Waals surface area contributed by atoms with Crippen LogP contribution in [0.25, 0.3) is 42.1 Å². The number of thiophene rings is 1. The molecule has 0 radical (unpaired) electrons. The monoisotopic (exact) mass is 857 g/mol. The molecule has 2 aliphatic heterocycles. The fraction of sp³-hybridized carbons (Fsp3) is 0. The number of hydrogen-bond acceptors (Lipinski definition) is 3. The van der Waals surface area contributed by atoms with Crippen molar-refractivity contribution in [3.63, 3.8) is 0 Å². The maximum atomic E-state index is 7.09. The first-order valence-electron chi connectivity index (χ1n) is 19.3. The van der Waals surface area contributed by atoms with Crippen LogP contribution in [0, 0.1) is 10.7 Å². The molecular weight excluding hydrogens is 824 g/mol.